The van der Waals surface area contributed by atoms with Crippen LogP contribution in [0.4, 0.5) is 11.5 Å². The number of anilines is 2. The molecular formula is C29H31ClN8O3. The maximum absolute atomic E-state index is 12.6. The van der Waals surface area contributed by atoms with Crippen molar-refractivity contribution in [1.82, 2.24) is 35.2 Å². The largest absolute Gasteiger partial charge is 0.486 e. The first-order valence-corrected chi connectivity index (χ1v) is 13.5. The Morgan fingerprint density at radius 2 is 1.98 bits per heavy atom. The fourth-order valence-electron chi connectivity index (χ4n) is 4.24. The summed E-state index contributed by atoms with van der Waals surface area (Å²) in [5, 5.41) is 10.7. The number of pyridine rings is 1. The van der Waals surface area contributed by atoms with Crippen LogP contribution in [0.5, 0.6) is 5.75 Å². The van der Waals surface area contributed by atoms with Crippen LogP contribution < -0.4 is 15.4 Å². The Morgan fingerprint density at radius 1 is 1.12 bits per heavy atom. The molecule has 11 nitrogen and oxygen atoms in total. The van der Waals surface area contributed by atoms with Crippen molar-refractivity contribution in [1.29, 1.82) is 0 Å². The van der Waals surface area contributed by atoms with Gasteiger partial charge < -0.3 is 24.8 Å². The van der Waals surface area contributed by atoms with Crippen LogP contribution in [0.25, 0.3) is 11.3 Å². The van der Waals surface area contributed by atoms with Gasteiger partial charge in [0.25, 0.3) is 0 Å². The molecule has 1 aliphatic rings. The molecule has 3 aromatic heterocycles. The Kier molecular flexibility index (Phi) is 9.19. The van der Waals surface area contributed by atoms with Crippen molar-refractivity contribution in [2.75, 3.05) is 45.1 Å². The molecule has 212 valence electrons. The first kappa shape index (κ1) is 28.2. The lowest BCUT2D eigenvalue weighted by molar-refractivity contribution is -0.117. The van der Waals surface area contributed by atoms with Crippen LogP contribution in [-0.2, 0) is 17.9 Å². The van der Waals surface area contributed by atoms with E-state index in [-0.39, 0.29) is 12.5 Å². The molecule has 1 saturated heterocycles. The van der Waals surface area contributed by atoms with E-state index in [0.717, 1.165) is 31.9 Å². The molecule has 1 aromatic carbocycles. The van der Waals surface area contributed by atoms with Gasteiger partial charge in [0.2, 0.25) is 5.91 Å². The summed E-state index contributed by atoms with van der Waals surface area (Å²) in [4.78, 5) is 29.8. The van der Waals surface area contributed by atoms with Gasteiger partial charge in [-0.2, -0.15) is 0 Å². The lowest BCUT2D eigenvalue weighted by Crippen LogP contribution is -2.46. The van der Waals surface area contributed by atoms with E-state index in [1.165, 1.54) is 6.33 Å². The number of amides is 1. The van der Waals surface area contributed by atoms with Gasteiger partial charge >= 0.3 is 0 Å². The summed E-state index contributed by atoms with van der Waals surface area (Å²) in [6.45, 7) is 8.82. The highest BCUT2D eigenvalue weighted by Gasteiger charge is 2.18. The number of carbonyl (C=O) groups excluding carboxylic acids is 1. The molecule has 0 saturated carbocycles. The monoisotopic (exact) mass is 574 g/mol. The second-order valence-corrected chi connectivity index (χ2v) is 10.1. The molecule has 41 heavy (non-hydrogen) atoms. The smallest absolute Gasteiger partial charge is 0.248 e. The number of ether oxygens (including phenoxy) is 1. The van der Waals surface area contributed by atoms with E-state index in [1.807, 2.05) is 24.3 Å². The summed E-state index contributed by atoms with van der Waals surface area (Å²) in [5.74, 6) is 1.29. The fraction of sp³-hybridized carbons (Fsp3) is 0.276. The van der Waals surface area contributed by atoms with E-state index in [0.29, 0.717) is 58.0 Å². The SMILES string of the molecule is C=C(CN1CCN(C)CC1)C(=O)NCc1cc(-c2cncnc2Nc2ccc(OCc3ccccn3)c(Cl)c2)on1. The van der Waals surface area contributed by atoms with Crippen molar-refractivity contribution >= 4 is 29.0 Å². The Hall–Kier alpha value is -4.32. The van der Waals surface area contributed by atoms with Gasteiger partial charge in [0.1, 0.15) is 30.2 Å². The third-order valence-corrected chi connectivity index (χ3v) is 6.89. The standard InChI is InChI=1S/C29H31ClN8O3/c1-20(17-38-11-9-37(2)10-12-38)29(39)33-15-23-14-27(41-36-23)24-16-31-19-34-28(24)35-21-6-7-26(25(30)13-21)40-18-22-5-3-4-8-32-22/h3-8,13-14,16,19H,1,9-12,15,17-18H2,2H3,(H,33,39)(H,31,34,35). The molecule has 4 aromatic rings. The second kappa shape index (κ2) is 13.4. The zero-order chi connectivity index (χ0) is 28.6. The number of rotatable bonds is 11. The summed E-state index contributed by atoms with van der Waals surface area (Å²) in [6.07, 6.45) is 4.77. The Morgan fingerprint density at radius 3 is 2.76 bits per heavy atom. The number of likely N-dealkylation sites (N-methyl/N-ethyl adjacent to an activating group) is 1. The molecule has 0 spiro atoms. The number of hydrogen-bond donors (Lipinski definition) is 2. The number of hydrogen-bond acceptors (Lipinski definition) is 10. The van der Waals surface area contributed by atoms with Crippen LogP contribution in [0.1, 0.15) is 11.4 Å². The molecule has 12 heteroatoms. The quantitative estimate of drug-likeness (QED) is 0.255. The molecule has 0 bridgehead atoms. The normalized spacial score (nSPS) is 14.0. The molecule has 1 aliphatic heterocycles. The first-order chi connectivity index (χ1) is 19.9. The molecule has 0 atom stereocenters. The lowest BCUT2D eigenvalue weighted by Gasteiger charge is -2.32. The second-order valence-electron chi connectivity index (χ2n) is 9.71. The Labute approximate surface area is 243 Å². The number of aromatic nitrogens is 4. The van der Waals surface area contributed by atoms with E-state index < -0.39 is 0 Å². The number of halogens is 1. The third kappa shape index (κ3) is 7.66. The van der Waals surface area contributed by atoms with Crippen LogP contribution in [0.15, 0.2) is 77.9 Å². The van der Waals surface area contributed by atoms with Gasteiger partial charge in [0.15, 0.2) is 5.76 Å². The molecule has 0 aliphatic carbocycles. The highest BCUT2D eigenvalue weighted by Crippen LogP contribution is 2.32. The zero-order valence-corrected chi connectivity index (χ0v) is 23.5. The fourth-order valence-corrected chi connectivity index (χ4v) is 4.48. The maximum Gasteiger partial charge on any atom is 0.248 e. The van der Waals surface area contributed by atoms with E-state index in [2.05, 4.69) is 54.2 Å². The topological polar surface area (TPSA) is 122 Å². The first-order valence-electron chi connectivity index (χ1n) is 13.2. The van der Waals surface area contributed by atoms with Crippen LogP contribution in [0, 0.1) is 0 Å². The molecule has 5 rings (SSSR count). The van der Waals surface area contributed by atoms with E-state index in [4.69, 9.17) is 20.9 Å². The number of piperazine rings is 1. The minimum absolute atomic E-state index is 0.204. The summed E-state index contributed by atoms with van der Waals surface area (Å²) in [5.41, 5.74) is 3.19. The van der Waals surface area contributed by atoms with Gasteiger partial charge in [-0.05, 0) is 37.4 Å². The molecule has 4 heterocycles. The van der Waals surface area contributed by atoms with Gasteiger partial charge in [-0.3, -0.25) is 14.7 Å². The zero-order valence-electron chi connectivity index (χ0n) is 22.7. The van der Waals surface area contributed by atoms with Crippen molar-refractivity contribution in [3.63, 3.8) is 0 Å². The minimum atomic E-state index is -0.205. The summed E-state index contributed by atoms with van der Waals surface area (Å²) in [6, 6.07) is 12.7. The predicted octanol–water partition coefficient (Wildman–Crippen LogP) is 3.92. The van der Waals surface area contributed by atoms with Crippen LogP contribution >= 0.6 is 11.6 Å². The molecule has 0 radical (unpaired) electrons. The average molecular weight is 575 g/mol. The summed E-state index contributed by atoms with van der Waals surface area (Å²) >= 11 is 6.47. The van der Waals surface area contributed by atoms with Crippen LogP contribution in [0.2, 0.25) is 5.02 Å². The number of nitrogens with one attached hydrogen (secondary N) is 2. The highest BCUT2D eigenvalue weighted by atomic mass is 35.5. The Balaban J connectivity index is 1.18. The summed E-state index contributed by atoms with van der Waals surface area (Å²) < 4.78 is 11.4. The van der Waals surface area contributed by atoms with Crippen molar-refractivity contribution in [3.8, 4) is 17.1 Å². The molecule has 0 unspecified atom stereocenters. The average Bonchev–Trinajstić information content (AvgIpc) is 3.46. The van der Waals surface area contributed by atoms with Crippen LogP contribution in [0.3, 0.4) is 0 Å². The highest BCUT2D eigenvalue weighted by molar-refractivity contribution is 6.32. The van der Waals surface area contributed by atoms with E-state index in [1.54, 1.807) is 30.6 Å². The molecule has 1 fully saturated rings. The summed E-state index contributed by atoms with van der Waals surface area (Å²) in [7, 11) is 2.10. The van der Waals surface area contributed by atoms with Crippen molar-refractivity contribution < 1.29 is 14.1 Å². The molecular weight excluding hydrogens is 544 g/mol. The number of nitrogens with zero attached hydrogens (tertiary/aromatic N) is 6. The van der Waals surface area contributed by atoms with E-state index >= 15 is 0 Å². The van der Waals surface area contributed by atoms with Gasteiger partial charge in [-0.15, -0.1) is 0 Å². The van der Waals surface area contributed by atoms with E-state index in [9.17, 15) is 4.79 Å². The van der Waals surface area contributed by atoms with Gasteiger partial charge in [0.05, 0.1) is 22.8 Å². The number of carbonyl (C=O) groups is 1. The Bertz CT molecular complexity index is 1490. The van der Waals surface area contributed by atoms with Crippen molar-refractivity contribution in [2.24, 2.45) is 0 Å². The lowest BCUT2D eigenvalue weighted by atomic mass is 10.2. The van der Waals surface area contributed by atoms with Crippen molar-refractivity contribution in [3.05, 3.63) is 89.7 Å². The maximum atomic E-state index is 12.6. The van der Waals surface area contributed by atoms with Gasteiger partial charge in [-0.1, -0.05) is 29.4 Å². The number of benzene rings is 1. The third-order valence-electron chi connectivity index (χ3n) is 6.59. The minimum Gasteiger partial charge on any atom is -0.486 e. The van der Waals surface area contributed by atoms with Gasteiger partial charge in [0, 0.05) is 62.4 Å². The van der Waals surface area contributed by atoms with Crippen molar-refractivity contribution in [2.45, 2.75) is 13.2 Å². The molecule has 1 amide bonds. The molecule has 2 N–H and O–H groups in total. The van der Waals surface area contributed by atoms with Crippen LogP contribution in [-0.4, -0.2) is 75.6 Å². The predicted molar refractivity (Wildman–Crippen MR) is 156 cm³/mol. The van der Waals surface area contributed by atoms with Gasteiger partial charge in [-0.25, -0.2) is 9.97 Å².